The molecule has 9 aromatic rings. The number of hydrogen-bond acceptors (Lipinski definition) is 4. The van der Waals surface area contributed by atoms with E-state index in [2.05, 4.69) is 45.4 Å². The molecule has 0 amide bonds. The van der Waals surface area contributed by atoms with Crippen molar-refractivity contribution in [2.24, 2.45) is 0 Å². The molecule has 4 heterocycles. The van der Waals surface area contributed by atoms with Gasteiger partial charge in [-0.3, -0.25) is 13.8 Å². The molecule has 7 nitrogen and oxygen atoms in total. The summed E-state index contributed by atoms with van der Waals surface area (Å²) in [7, 11) is 0. The van der Waals surface area contributed by atoms with Gasteiger partial charge in [-0.05, 0) is 48.5 Å². The highest BCUT2D eigenvalue weighted by Crippen LogP contribution is 2.34. The van der Waals surface area contributed by atoms with Crippen LogP contribution in [0, 0.1) is 0 Å². The van der Waals surface area contributed by atoms with Gasteiger partial charge in [0.25, 0.3) is 5.56 Å². The van der Waals surface area contributed by atoms with Gasteiger partial charge in [0.15, 0.2) is 5.65 Å². The third-order valence-electron chi connectivity index (χ3n) is 7.82. The number of para-hydroxylation sites is 4. The van der Waals surface area contributed by atoms with E-state index in [0.717, 1.165) is 50.0 Å². The predicted molar refractivity (Wildman–Crippen MR) is 163 cm³/mol. The van der Waals surface area contributed by atoms with Crippen LogP contribution in [0.4, 0.5) is 0 Å². The van der Waals surface area contributed by atoms with Crippen LogP contribution in [0.15, 0.2) is 126 Å². The molecule has 0 fully saturated rings. The Hall–Kier alpha value is -5.82. The molecule has 0 spiro atoms. The Labute approximate surface area is 232 Å². The lowest BCUT2D eigenvalue weighted by Crippen LogP contribution is -2.18. The second-order valence-corrected chi connectivity index (χ2v) is 10.2. The molecule has 0 unspecified atom stereocenters. The first-order chi connectivity index (χ1) is 20.3. The van der Waals surface area contributed by atoms with Crippen LogP contribution in [-0.2, 0) is 0 Å². The van der Waals surface area contributed by atoms with Gasteiger partial charge >= 0.3 is 0 Å². The van der Waals surface area contributed by atoms with Crippen molar-refractivity contribution in [2.75, 3.05) is 0 Å². The maximum atomic E-state index is 14.0. The van der Waals surface area contributed by atoms with E-state index in [9.17, 15) is 4.79 Å². The van der Waals surface area contributed by atoms with Gasteiger partial charge in [0.05, 0.1) is 38.5 Å². The van der Waals surface area contributed by atoms with Crippen molar-refractivity contribution in [3.63, 3.8) is 0 Å². The molecule has 0 aliphatic heterocycles. The minimum atomic E-state index is -0.146. The zero-order valence-corrected chi connectivity index (χ0v) is 21.6. The lowest BCUT2D eigenvalue weighted by Gasteiger charge is -2.12. The Bertz CT molecular complexity index is 2540. The fourth-order valence-electron chi connectivity index (χ4n) is 6.00. The van der Waals surface area contributed by atoms with Gasteiger partial charge in [0, 0.05) is 16.6 Å². The number of fused-ring (bicyclic) bond motifs is 10. The summed E-state index contributed by atoms with van der Waals surface area (Å²) in [6, 6.07) is 40.1. The van der Waals surface area contributed by atoms with Crippen LogP contribution in [0.2, 0.25) is 0 Å². The number of imidazole rings is 2. The summed E-state index contributed by atoms with van der Waals surface area (Å²) in [4.78, 5) is 29.1. The highest BCUT2D eigenvalue weighted by atomic mass is 16.1. The summed E-state index contributed by atoms with van der Waals surface area (Å²) in [6.07, 6.45) is 0. The van der Waals surface area contributed by atoms with Crippen LogP contribution >= 0.6 is 0 Å². The summed E-state index contributed by atoms with van der Waals surface area (Å²) in [5.41, 5.74) is 7.49. The molecular weight excluding hydrogens is 508 g/mol. The molecule has 0 N–H and O–H groups in total. The van der Waals surface area contributed by atoms with E-state index < -0.39 is 0 Å². The monoisotopic (exact) mass is 528 g/mol. The lowest BCUT2D eigenvalue weighted by atomic mass is 10.1. The quantitative estimate of drug-likeness (QED) is 0.183. The normalized spacial score (nSPS) is 12.0. The van der Waals surface area contributed by atoms with Crippen molar-refractivity contribution < 1.29 is 0 Å². The van der Waals surface area contributed by atoms with E-state index in [4.69, 9.17) is 15.0 Å². The average molecular weight is 529 g/mol. The molecule has 5 aromatic carbocycles. The molecule has 0 radical (unpaired) electrons. The molecule has 192 valence electrons. The number of benzene rings is 5. The molecule has 0 aliphatic rings. The van der Waals surface area contributed by atoms with E-state index in [0.29, 0.717) is 22.3 Å². The topological polar surface area (TPSA) is 69.5 Å². The van der Waals surface area contributed by atoms with Crippen LogP contribution in [0.3, 0.4) is 0 Å². The molecule has 0 saturated heterocycles. The summed E-state index contributed by atoms with van der Waals surface area (Å²) < 4.78 is 5.90. The number of nitrogens with zero attached hydrogens (tertiary/aromatic N) is 6. The number of hydrogen-bond donors (Lipinski definition) is 0. The van der Waals surface area contributed by atoms with Gasteiger partial charge in [0.2, 0.25) is 5.78 Å². The fourth-order valence-corrected chi connectivity index (χ4v) is 6.00. The minimum Gasteiger partial charge on any atom is -0.292 e. The molecule has 0 bridgehead atoms. The maximum Gasteiger partial charge on any atom is 0.268 e. The van der Waals surface area contributed by atoms with Crippen LogP contribution in [0.25, 0.3) is 72.4 Å². The Morgan fingerprint density at radius 1 is 0.512 bits per heavy atom. The van der Waals surface area contributed by atoms with E-state index in [1.54, 1.807) is 4.40 Å². The Kier molecular flexibility index (Phi) is 4.35. The van der Waals surface area contributed by atoms with Crippen molar-refractivity contribution in [2.45, 2.75) is 0 Å². The first-order valence-electron chi connectivity index (χ1n) is 13.4. The van der Waals surface area contributed by atoms with Gasteiger partial charge in [0.1, 0.15) is 5.82 Å². The molecule has 41 heavy (non-hydrogen) atoms. The van der Waals surface area contributed by atoms with Crippen molar-refractivity contribution in [1.29, 1.82) is 0 Å². The number of rotatable bonds is 2. The molecule has 4 aromatic heterocycles. The second-order valence-electron chi connectivity index (χ2n) is 10.2. The third kappa shape index (κ3) is 3.02. The average Bonchev–Trinajstić information content (AvgIpc) is 3.60. The molecule has 0 aliphatic carbocycles. The lowest BCUT2D eigenvalue weighted by molar-refractivity contribution is 1.05. The summed E-state index contributed by atoms with van der Waals surface area (Å²) in [6.45, 7) is 0. The Balaban J connectivity index is 1.54. The van der Waals surface area contributed by atoms with Crippen LogP contribution in [-0.4, -0.2) is 28.3 Å². The molecule has 7 heteroatoms. The van der Waals surface area contributed by atoms with Crippen LogP contribution in [0.5, 0.6) is 0 Å². The highest BCUT2D eigenvalue weighted by molar-refractivity contribution is 6.05. The molecule has 9 rings (SSSR count). The van der Waals surface area contributed by atoms with E-state index in [1.165, 1.54) is 0 Å². The molecule has 0 atom stereocenters. The Morgan fingerprint density at radius 2 is 1.22 bits per heavy atom. The molecule has 0 saturated carbocycles. The van der Waals surface area contributed by atoms with Gasteiger partial charge in [-0.2, -0.15) is 0 Å². The SMILES string of the molecule is O=c1c2ccccc2nc2c3cc4nc(-c5ccccc5)n(-c5ccccc5)c4cc3n3c4ccccc4nc3n12. The smallest absolute Gasteiger partial charge is 0.268 e. The standard InChI is InChI=1S/C34H20N6O/c41-33-23-15-7-8-16-25(23)35-32-24-19-27-30(20-29(24)39-28-18-10-9-17-26(28)37-34(39)40(32)33)38(22-13-5-2-6-14-22)31(36-27)21-11-3-1-4-12-21/h1-20H. The van der Waals surface area contributed by atoms with Crippen molar-refractivity contribution in [1.82, 2.24) is 28.3 Å². The second kappa shape index (κ2) is 8.09. The van der Waals surface area contributed by atoms with Crippen LogP contribution in [0.1, 0.15) is 0 Å². The number of aromatic nitrogens is 6. The third-order valence-corrected chi connectivity index (χ3v) is 7.82. The van der Waals surface area contributed by atoms with Gasteiger partial charge < -0.3 is 0 Å². The summed E-state index contributed by atoms with van der Waals surface area (Å²) >= 11 is 0. The van der Waals surface area contributed by atoms with Gasteiger partial charge in [-0.25, -0.2) is 19.4 Å². The zero-order valence-electron chi connectivity index (χ0n) is 21.6. The van der Waals surface area contributed by atoms with Crippen molar-refractivity contribution in [3.8, 4) is 17.1 Å². The van der Waals surface area contributed by atoms with Gasteiger partial charge in [-0.1, -0.05) is 72.8 Å². The summed E-state index contributed by atoms with van der Waals surface area (Å²) in [5.74, 6) is 1.37. The van der Waals surface area contributed by atoms with E-state index in [1.807, 2.05) is 84.9 Å². The Morgan fingerprint density at radius 3 is 2.05 bits per heavy atom. The fraction of sp³-hybridized carbons (Fsp3) is 0. The molecular formula is C34H20N6O. The largest absolute Gasteiger partial charge is 0.292 e. The minimum absolute atomic E-state index is 0.146. The van der Waals surface area contributed by atoms with E-state index in [-0.39, 0.29) is 5.56 Å². The first kappa shape index (κ1) is 22.0. The van der Waals surface area contributed by atoms with E-state index >= 15 is 0 Å². The van der Waals surface area contributed by atoms with Crippen molar-refractivity contribution in [3.05, 3.63) is 132 Å². The highest BCUT2D eigenvalue weighted by Gasteiger charge is 2.21. The predicted octanol–water partition coefficient (Wildman–Crippen LogP) is 6.81. The van der Waals surface area contributed by atoms with Crippen LogP contribution < -0.4 is 5.56 Å². The first-order valence-corrected chi connectivity index (χ1v) is 13.4. The zero-order chi connectivity index (χ0) is 27.1. The van der Waals surface area contributed by atoms with Gasteiger partial charge in [-0.15, -0.1) is 0 Å². The summed E-state index contributed by atoms with van der Waals surface area (Å²) in [5, 5.41) is 1.38. The van der Waals surface area contributed by atoms with Crippen molar-refractivity contribution >= 4 is 55.3 Å². The maximum absolute atomic E-state index is 14.0.